The summed E-state index contributed by atoms with van der Waals surface area (Å²) < 4.78 is 16.7. The second kappa shape index (κ2) is 8.19. The van der Waals surface area contributed by atoms with E-state index in [1.807, 2.05) is 24.3 Å². The number of methoxy groups -OCH3 is 1. The molecule has 29 heavy (non-hydrogen) atoms. The minimum atomic E-state index is -0.201. The molecule has 146 valence electrons. The van der Waals surface area contributed by atoms with Gasteiger partial charge >= 0.3 is 0 Å². The third kappa shape index (κ3) is 4.24. The molecule has 0 fully saturated rings. The van der Waals surface area contributed by atoms with E-state index >= 15 is 0 Å². The van der Waals surface area contributed by atoms with E-state index in [0.717, 1.165) is 11.3 Å². The fourth-order valence-corrected chi connectivity index (χ4v) is 3.37. The summed E-state index contributed by atoms with van der Waals surface area (Å²) in [4.78, 5) is 12.6. The molecule has 1 aliphatic heterocycles. The van der Waals surface area contributed by atoms with Crippen LogP contribution in [-0.4, -0.2) is 12.9 Å². The van der Waals surface area contributed by atoms with Gasteiger partial charge in [-0.1, -0.05) is 41.4 Å². The van der Waals surface area contributed by atoms with Crippen molar-refractivity contribution in [2.24, 2.45) is 0 Å². The molecule has 0 amide bonds. The number of hydrogen-bond acceptors (Lipinski definition) is 4. The SMILES string of the molecule is COc1ccc(COc2ccc3c(c2)OC(=Cc2ccc(Cl)cc2Cl)C3=O)cc1. The molecule has 1 heterocycles. The highest BCUT2D eigenvalue weighted by Crippen LogP contribution is 2.36. The van der Waals surface area contributed by atoms with E-state index in [4.69, 9.17) is 37.4 Å². The Bertz CT molecular complexity index is 1100. The Kier molecular flexibility index (Phi) is 5.47. The van der Waals surface area contributed by atoms with Crippen molar-refractivity contribution >= 4 is 35.1 Å². The van der Waals surface area contributed by atoms with Crippen LogP contribution in [0.5, 0.6) is 17.2 Å². The van der Waals surface area contributed by atoms with E-state index in [0.29, 0.717) is 39.3 Å². The van der Waals surface area contributed by atoms with Crippen molar-refractivity contribution in [1.82, 2.24) is 0 Å². The van der Waals surface area contributed by atoms with Crippen molar-refractivity contribution < 1.29 is 19.0 Å². The number of carbonyl (C=O) groups is 1. The van der Waals surface area contributed by atoms with E-state index in [2.05, 4.69) is 0 Å². The van der Waals surface area contributed by atoms with Gasteiger partial charge in [0.05, 0.1) is 12.7 Å². The standard InChI is InChI=1S/C23H16Cl2O4/c1-27-17-6-2-14(3-7-17)13-28-18-8-9-19-21(12-18)29-22(23(19)26)10-15-4-5-16(24)11-20(15)25/h2-12H,13H2,1H3. The van der Waals surface area contributed by atoms with Crippen molar-refractivity contribution in [2.75, 3.05) is 7.11 Å². The molecule has 4 nitrogen and oxygen atoms in total. The van der Waals surface area contributed by atoms with Crippen LogP contribution in [0.25, 0.3) is 6.08 Å². The molecule has 0 radical (unpaired) electrons. The van der Waals surface area contributed by atoms with Crippen molar-refractivity contribution in [2.45, 2.75) is 6.61 Å². The molecule has 0 spiro atoms. The first-order valence-electron chi connectivity index (χ1n) is 8.82. The maximum absolute atomic E-state index is 12.6. The summed E-state index contributed by atoms with van der Waals surface area (Å²) in [7, 11) is 1.63. The van der Waals surface area contributed by atoms with Gasteiger partial charge in [-0.2, -0.15) is 0 Å². The molecular formula is C23H16Cl2O4. The molecule has 0 aliphatic carbocycles. The molecule has 3 aromatic rings. The number of allylic oxidation sites excluding steroid dienone is 1. The molecule has 0 saturated heterocycles. The van der Waals surface area contributed by atoms with E-state index in [1.54, 1.807) is 49.6 Å². The topological polar surface area (TPSA) is 44.8 Å². The van der Waals surface area contributed by atoms with Crippen LogP contribution in [0.2, 0.25) is 10.0 Å². The van der Waals surface area contributed by atoms with Crippen LogP contribution in [0, 0.1) is 0 Å². The largest absolute Gasteiger partial charge is 0.497 e. The second-order valence-corrected chi connectivity index (χ2v) is 7.24. The Morgan fingerprint density at radius 1 is 0.966 bits per heavy atom. The maximum Gasteiger partial charge on any atom is 0.231 e. The lowest BCUT2D eigenvalue weighted by atomic mass is 10.1. The summed E-state index contributed by atoms with van der Waals surface area (Å²) in [5.41, 5.74) is 2.14. The zero-order valence-electron chi connectivity index (χ0n) is 15.4. The average Bonchev–Trinajstić information content (AvgIpc) is 3.03. The van der Waals surface area contributed by atoms with Crippen molar-refractivity contribution in [3.63, 3.8) is 0 Å². The number of halogens is 2. The first-order chi connectivity index (χ1) is 14.0. The summed E-state index contributed by atoms with van der Waals surface area (Å²) in [6.07, 6.45) is 1.61. The fraction of sp³-hybridized carbons (Fsp3) is 0.0870. The quantitative estimate of drug-likeness (QED) is 0.455. The molecule has 0 N–H and O–H groups in total. The van der Waals surface area contributed by atoms with Gasteiger partial charge < -0.3 is 14.2 Å². The molecule has 3 aromatic carbocycles. The number of ether oxygens (including phenoxy) is 3. The monoisotopic (exact) mass is 426 g/mol. The molecule has 6 heteroatoms. The van der Waals surface area contributed by atoms with E-state index < -0.39 is 0 Å². The number of fused-ring (bicyclic) bond motifs is 1. The maximum atomic E-state index is 12.6. The van der Waals surface area contributed by atoms with Gasteiger partial charge in [0.1, 0.15) is 23.9 Å². The lowest BCUT2D eigenvalue weighted by Crippen LogP contribution is -1.98. The van der Waals surface area contributed by atoms with Crippen molar-refractivity contribution in [3.8, 4) is 17.2 Å². The summed E-state index contributed by atoms with van der Waals surface area (Å²) in [5.74, 6) is 1.86. The molecular weight excluding hydrogens is 411 g/mol. The third-order valence-corrected chi connectivity index (χ3v) is 5.02. The Hall–Kier alpha value is -2.95. The number of Topliss-reactive ketones (excluding diaryl/α,β-unsaturated/α-hetero) is 1. The van der Waals surface area contributed by atoms with Crippen LogP contribution in [0.15, 0.2) is 66.4 Å². The summed E-state index contributed by atoms with van der Waals surface area (Å²) in [6.45, 7) is 0.389. The Morgan fingerprint density at radius 3 is 2.45 bits per heavy atom. The van der Waals surface area contributed by atoms with Gasteiger partial charge in [0.15, 0.2) is 5.76 Å². The second-order valence-electron chi connectivity index (χ2n) is 6.40. The smallest absolute Gasteiger partial charge is 0.231 e. The number of rotatable bonds is 5. The van der Waals surface area contributed by atoms with Gasteiger partial charge in [-0.05, 0) is 53.6 Å². The lowest BCUT2D eigenvalue weighted by Gasteiger charge is -2.08. The first kappa shape index (κ1) is 19.4. The van der Waals surface area contributed by atoms with Crippen LogP contribution in [0.1, 0.15) is 21.5 Å². The van der Waals surface area contributed by atoms with Gasteiger partial charge in [-0.25, -0.2) is 0 Å². The molecule has 0 saturated carbocycles. The minimum absolute atomic E-state index is 0.201. The van der Waals surface area contributed by atoms with E-state index in [9.17, 15) is 4.79 Å². The van der Waals surface area contributed by atoms with Crippen LogP contribution in [0.3, 0.4) is 0 Å². The van der Waals surface area contributed by atoms with Crippen molar-refractivity contribution in [1.29, 1.82) is 0 Å². The zero-order valence-corrected chi connectivity index (χ0v) is 17.0. The van der Waals surface area contributed by atoms with E-state index in [-0.39, 0.29) is 11.5 Å². The van der Waals surface area contributed by atoms with Gasteiger partial charge in [0, 0.05) is 16.1 Å². The third-order valence-electron chi connectivity index (χ3n) is 4.46. The molecule has 0 bridgehead atoms. The van der Waals surface area contributed by atoms with E-state index in [1.165, 1.54) is 0 Å². The van der Waals surface area contributed by atoms with Gasteiger partial charge in [-0.15, -0.1) is 0 Å². The predicted molar refractivity (Wildman–Crippen MR) is 113 cm³/mol. The number of ketones is 1. The highest BCUT2D eigenvalue weighted by molar-refractivity contribution is 6.35. The van der Waals surface area contributed by atoms with Gasteiger partial charge in [0.25, 0.3) is 0 Å². The predicted octanol–water partition coefficient (Wildman–Crippen LogP) is 6.20. The summed E-state index contributed by atoms with van der Waals surface area (Å²) >= 11 is 12.1. The molecule has 0 unspecified atom stereocenters. The zero-order chi connectivity index (χ0) is 20.4. The Labute approximate surface area is 178 Å². The molecule has 1 aliphatic rings. The number of hydrogen-bond donors (Lipinski definition) is 0. The molecule has 4 rings (SSSR count). The van der Waals surface area contributed by atoms with Crippen LogP contribution >= 0.6 is 23.2 Å². The fourth-order valence-electron chi connectivity index (χ4n) is 2.91. The average molecular weight is 427 g/mol. The number of carbonyl (C=O) groups excluding carboxylic acids is 1. The normalized spacial score (nSPS) is 13.9. The van der Waals surface area contributed by atoms with Crippen LogP contribution < -0.4 is 14.2 Å². The highest BCUT2D eigenvalue weighted by atomic mass is 35.5. The van der Waals surface area contributed by atoms with Crippen LogP contribution in [-0.2, 0) is 6.61 Å². The molecule has 0 aromatic heterocycles. The molecule has 0 atom stereocenters. The first-order valence-corrected chi connectivity index (χ1v) is 9.58. The lowest BCUT2D eigenvalue weighted by molar-refractivity contribution is 0.101. The van der Waals surface area contributed by atoms with Gasteiger partial charge in [-0.3, -0.25) is 4.79 Å². The van der Waals surface area contributed by atoms with Crippen molar-refractivity contribution in [3.05, 3.63) is 93.2 Å². The summed E-state index contributed by atoms with van der Waals surface area (Å²) in [6, 6.07) is 17.8. The number of benzene rings is 3. The van der Waals surface area contributed by atoms with Gasteiger partial charge in [0.2, 0.25) is 5.78 Å². The Morgan fingerprint density at radius 2 is 1.72 bits per heavy atom. The highest BCUT2D eigenvalue weighted by Gasteiger charge is 2.28. The minimum Gasteiger partial charge on any atom is -0.497 e. The Balaban J connectivity index is 1.50. The summed E-state index contributed by atoms with van der Waals surface area (Å²) in [5, 5.41) is 0.971. The van der Waals surface area contributed by atoms with Crippen LogP contribution in [0.4, 0.5) is 0 Å².